The van der Waals surface area contributed by atoms with Crippen LogP contribution in [-0.2, 0) is 19.9 Å². The maximum absolute atomic E-state index is 12.9. The number of aromatic nitrogens is 1. The number of carbonyl (C=O) groups excluding carboxylic acids is 1. The van der Waals surface area contributed by atoms with Crippen LogP contribution in [0.15, 0.2) is 54.7 Å². The van der Waals surface area contributed by atoms with E-state index >= 15 is 0 Å². The van der Waals surface area contributed by atoms with Crippen LogP contribution < -0.4 is 0 Å². The summed E-state index contributed by atoms with van der Waals surface area (Å²) in [7, 11) is 2.00. The average molecular weight is 275 g/mol. The molecule has 4 rings (SSSR count). The maximum Gasteiger partial charge on any atom is 0.168 e. The van der Waals surface area contributed by atoms with Gasteiger partial charge in [0.05, 0.1) is 0 Å². The molecular formula is C19H17NO. The molecule has 2 nitrogen and oxygen atoms in total. The lowest BCUT2D eigenvalue weighted by atomic mass is 9.95. The second-order valence-electron chi connectivity index (χ2n) is 5.91. The maximum atomic E-state index is 12.9. The van der Waals surface area contributed by atoms with Crippen LogP contribution in [0.3, 0.4) is 0 Å². The van der Waals surface area contributed by atoms with Crippen LogP contribution in [0.5, 0.6) is 0 Å². The summed E-state index contributed by atoms with van der Waals surface area (Å²) in [6, 6.07) is 16.5. The Balaban J connectivity index is 1.72. The third kappa shape index (κ3) is 1.90. The van der Waals surface area contributed by atoms with Gasteiger partial charge in [-0.15, -0.1) is 0 Å². The standard InChI is InChI=1S/C19H17NO/c1-20-12-17(16-8-4-5-9-18(16)20)19(21)15-10-13-6-2-3-7-14(13)11-15/h2-9,12,15H,10-11H2,1H3. The Morgan fingerprint density at radius 3 is 2.33 bits per heavy atom. The van der Waals surface area contributed by atoms with Crippen molar-refractivity contribution in [3.63, 3.8) is 0 Å². The Labute approximate surface area is 124 Å². The number of benzene rings is 2. The fourth-order valence-corrected chi connectivity index (χ4v) is 3.50. The predicted octanol–water partition coefficient (Wildman–Crippen LogP) is 3.78. The molecule has 1 aromatic heterocycles. The lowest BCUT2D eigenvalue weighted by Gasteiger charge is -2.06. The van der Waals surface area contributed by atoms with Gasteiger partial charge in [-0.2, -0.15) is 0 Å². The SMILES string of the molecule is Cn1cc(C(=O)C2Cc3ccccc3C2)c2ccccc21. The number of ketones is 1. The van der Waals surface area contributed by atoms with E-state index in [2.05, 4.69) is 30.3 Å². The van der Waals surface area contributed by atoms with Crippen LogP contribution in [-0.4, -0.2) is 10.4 Å². The number of nitrogens with zero attached hydrogens (tertiary/aromatic N) is 1. The van der Waals surface area contributed by atoms with E-state index in [1.165, 1.54) is 11.1 Å². The van der Waals surface area contributed by atoms with Crippen LogP contribution in [0.25, 0.3) is 10.9 Å². The molecule has 1 aliphatic rings. The molecule has 0 bridgehead atoms. The number of hydrogen-bond acceptors (Lipinski definition) is 1. The van der Waals surface area contributed by atoms with Crippen molar-refractivity contribution in [1.29, 1.82) is 0 Å². The van der Waals surface area contributed by atoms with Gasteiger partial charge >= 0.3 is 0 Å². The Kier molecular flexibility index (Phi) is 2.71. The molecule has 0 aliphatic heterocycles. The molecule has 2 aromatic carbocycles. The summed E-state index contributed by atoms with van der Waals surface area (Å²) in [6.07, 6.45) is 3.73. The van der Waals surface area contributed by atoms with Crippen molar-refractivity contribution in [2.24, 2.45) is 13.0 Å². The first-order chi connectivity index (χ1) is 10.2. The minimum atomic E-state index is 0.0909. The first kappa shape index (κ1) is 12.4. The highest BCUT2D eigenvalue weighted by Crippen LogP contribution is 2.31. The molecule has 0 atom stereocenters. The van der Waals surface area contributed by atoms with Gasteiger partial charge in [0.15, 0.2) is 5.78 Å². The molecule has 0 N–H and O–H groups in total. The Morgan fingerprint density at radius 2 is 1.62 bits per heavy atom. The van der Waals surface area contributed by atoms with E-state index in [0.29, 0.717) is 0 Å². The Morgan fingerprint density at radius 1 is 1.00 bits per heavy atom. The van der Waals surface area contributed by atoms with Crippen molar-refractivity contribution in [2.75, 3.05) is 0 Å². The Bertz CT molecular complexity index is 819. The fraction of sp³-hybridized carbons (Fsp3) is 0.211. The van der Waals surface area contributed by atoms with Crippen LogP contribution in [0, 0.1) is 5.92 Å². The zero-order chi connectivity index (χ0) is 14.4. The number of aryl methyl sites for hydroxylation is 1. The lowest BCUT2D eigenvalue weighted by molar-refractivity contribution is 0.0926. The molecule has 1 heterocycles. The fourth-order valence-electron chi connectivity index (χ4n) is 3.50. The predicted molar refractivity (Wildman–Crippen MR) is 84.6 cm³/mol. The molecule has 21 heavy (non-hydrogen) atoms. The first-order valence-corrected chi connectivity index (χ1v) is 7.39. The zero-order valence-corrected chi connectivity index (χ0v) is 12.0. The molecule has 0 unspecified atom stereocenters. The van der Waals surface area contributed by atoms with Crippen molar-refractivity contribution in [2.45, 2.75) is 12.8 Å². The number of carbonyl (C=O) groups is 1. The van der Waals surface area contributed by atoms with E-state index in [9.17, 15) is 4.79 Å². The molecule has 2 heteroatoms. The van der Waals surface area contributed by atoms with Crippen molar-refractivity contribution in [3.05, 3.63) is 71.4 Å². The van der Waals surface area contributed by atoms with E-state index in [1.54, 1.807) is 0 Å². The summed E-state index contributed by atoms with van der Waals surface area (Å²) in [6.45, 7) is 0. The van der Waals surface area contributed by atoms with E-state index in [4.69, 9.17) is 0 Å². The quantitative estimate of drug-likeness (QED) is 0.652. The highest BCUT2D eigenvalue weighted by molar-refractivity contribution is 6.09. The molecule has 3 aromatic rings. The summed E-state index contributed by atoms with van der Waals surface area (Å²) in [4.78, 5) is 12.9. The minimum absolute atomic E-state index is 0.0909. The third-order valence-corrected chi connectivity index (χ3v) is 4.58. The normalized spacial score (nSPS) is 14.5. The molecule has 0 fully saturated rings. The van der Waals surface area contributed by atoms with Gasteiger partial charge in [0.2, 0.25) is 0 Å². The lowest BCUT2D eigenvalue weighted by Crippen LogP contribution is -2.14. The summed E-state index contributed by atoms with van der Waals surface area (Å²) >= 11 is 0. The van der Waals surface area contributed by atoms with E-state index < -0.39 is 0 Å². The van der Waals surface area contributed by atoms with E-state index in [-0.39, 0.29) is 11.7 Å². The molecule has 0 radical (unpaired) electrons. The molecule has 0 saturated carbocycles. The van der Waals surface area contributed by atoms with Gasteiger partial charge in [-0.05, 0) is 30.0 Å². The van der Waals surface area contributed by atoms with Gasteiger partial charge in [0.25, 0.3) is 0 Å². The van der Waals surface area contributed by atoms with Crippen LogP contribution >= 0.6 is 0 Å². The smallest absolute Gasteiger partial charge is 0.168 e. The van der Waals surface area contributed by atoms with Gasteiger partial charge in [-0.25, -0.2) is 0 Å². The zero-order valence-electron chi connectivity index (χ0n) is 12.0. The number of fused-ring (bicyclic) bond motifs is 2. The number of Topliss-reactive ketones (excluding diaryl/α,β-unsaturated/α-hetero) is 1. The minimum Gasteiger partial charge on any atom is -0.350 e. The summed E-state index contributed by atoms with van der Waals surface area (Å²) in [5.74, 6) is 0.371. The van der Waals surface area contributed by atoms with Crippen molar-refractivity contribution < 1.29 is 4.79 Å². The van der Waals surface area contributed by atoms with E-state index in [1.807, 2.05) is 36.0 Å². The van der Waals surface area contributed by atoms with Crippen LogP contribution in [0.4, 0.5) is 0 Å². The van der Waals surface area contributed by atoms with Gasteiger partial charge in [0.1, 0.15) is 0 Å². The van der Waals surface area contributed by atoms with Crippen LogP contribution in [0.1, 0.15) is 21.5 Å². The molecular weight excluding hydrogens is 258 g/mol. The summed E-state index contributed by atoms with van der Waals surface area (Å²) in [5.41, 5.74) is 4.65. The second-order valence-corrected chi connectivity index (χ2v) is 5.91. The largest absolute Gasteiger partial charge is 0.350 e. The molecule has 0 spiro atoms. The summed E-state index contributed by atoms with van der Waals surface area (Å²) in [5, 5.41) is 1.07. The summed E-state index contributed by atoms with van der Waals surface area (Å²) < 4.78 is 2.05. The van der Waals surface area contributed by atoms with Gasteiger partial charge in [-0.1, -0.05) is 42.5 Å². The van der Waals surface area contributed by atoms with Crippen molar-refractivity contribution in [1.82, 2.24) is 4.57 Å². The molecule has 104 valence electrons. The highest BCUT2D eigenvalue weighted by Gasteiger charge is 2.29. The average Bonchev–Trinajstić information content (AvgIpc) is 3.09. The van der Waals surface area contributed by atoms with E-state index in [0.717, 1.165) is 29.3 Å². The number of rotatable bonds is 2. The van der Waals surface area contributed by atoms with Gasteiger partial charge in [0, 0.05) is 35.6 Å². The highest BCUT2D eigenvalue weighted by atomic mass is 16.1. The molecule has 0 amide bonds. The van der Waals surface area contributed by atoms with Crippen molar-refractivity contribution in [3.8, 4) is 0 Å². The van der Waals surface area contributed by atoms with Gasteiger partial charge < -0.3 is 4.57 Å². The third-order valence-electron chi connectivity index (χ3n) is 4.58. The molecule has 0 saturated heterocycles. The number of para-hydroxylation sites is 1. The first-order valence-electron chi connectivity index (χ1n) is 7.39. The Hall–Kier alpha value is -2.35. The van der Waals surface area contributed by atoms with Gasteiger partial charge in [-0.3, -0.25) is 4.79 Å². The number of hydrogen-bond donors (Lipinski definition) is 0. The topological polar surface area (TPSA) is 22.0 Å². The van der Waals surface area contributed by atoms with Crippen LogP contribution in [0.2, 0.25) is 0 Å². The monoisotopic (exact) mass is 275 g/mol. The van der Waals surface area contributed by atoms with Crippen molar-refractivity contribution >= 4 is 16.7 Å². The molecule has 1 aliphatic carbocycles. The second kappa shape index (κ2) is 4.59.